The summed E-state index contributed by atoms with van der Waals surface area (Å²) in [6.07, 6.45) is 4.85. The zero-order chi connectivity index (χ0) is 12.8. The number of hydrogen-bond acceptors (Lipinski definition) is 2. The van der Waals surface area contributed by atoms with Gasteiger partial charge in [0.1, 0.15) is 5.78 Å². The SMILES string of the molecule is Cc1ccccc1CCNCC1CCC(=O)CC1. The molecule has 2 heteroatoms. The van der Waals surface area contributed by atoms with Crippen LogP contribution in [0.15, 0.2) is 24.3 Å². The van der Waals surface area contributed by atoms with Gasteiger partial charge in [0, 0.05) is 12.8 Å². The maximum absolute atomic E-state index is 11.1. The van der Waals surface area contributed by atoms with E-state index < -0.39 is 0 Å². The number of Topliss-reactive ketones (excluding diaryl/α,β-unsaturated/α-hetero) is 1. The Bertz CT molecular complexity index is 390. The van der Waals surface area contributed by atoms with Crippen LogP contribution in [-0.4, -0.2) is 18.9 Å². The quantitative estimate of drug-likeness (QED) is 0.808. The molecule has 0 amide bonds. The van der Waals surface area contributed by atoms with Crippen molar-refractivity contribution in [2.45, 2.75) is 39.0 Å². The standard InChI is InChI=1S/C16H23NO/c1-13-4-2-3-5-15(13)10-11-17-12-14-6-8-16(18)9-7-14/h2-5,14,17H,6-12H2,1H3. The lowest BCUT2D eigenvalue weighted by molar-refractivity contribution is -0.120. The van der Waals surface area contributed by atoms with Crippen molar-refractivity contribution in [3.63, 3.8) is 0 Å². The van der Waals surface area contributed by atoms with E-state index in [-0.39, 0.29) is 0 Å². The summed E-state index contributed by atoms with van der Waals surface area (Å²) in [5.74, 6) is 1.16. The van der Waals surface area contributed by atoms with Gasteiger partial charge in [0.15, 0.2) is 0 Å². The lowest BCUT2D eigenvalue weighted by Crippen LogP contribution is -2.28. The van der Waals surface area contributed by atoms with Crippen LogP contribution in [0.4, 0.5) is 0 Å². The highest BCUT2D eigenvalue weighted by atomic mass is 16.1. The van der Waals surface area contributed by atoms with Gasteiger partial charge < -0.3 is 5.32 Å². The molecule has 1 aliphatic rings. The van der Waals surface area contributed by atoms with Gasteiger partial charge in [-0.3, -0.25) is 4.79 Å². The van der Waals surface area contributed by atoms with Crippen molar-refractivity contribution in [3.8, 4) is 0 Å². The number of aryl methyl sites for hydroxylation is 1. The molecule has 0 atom stereocenters. The number of benzene rings is 1. The molecule has 0 saturated heterocycles. The molecule has 1 saturated carbocycles. The largest absolute Gasteiger partial charge is 0.316 e. The van der Waals surface area contributed by atoms with Gasteiger partial charge in [-0.05, 0) is 56.3 Å². The average Bonchev–Trinajstić information content (AvgIpc) is 2.39. The fourth-order valence-electron chi connectivity index (χ4n) is 2.62. The van der Waals surface area contributed by atoms with Crippen LogP contribution in [0.2, 0.25) is 0 Å². The van der Waals surface area contributed by atoms with Gasteiger partial charge in [-0.25, -0.2) is 0 Å². The van der Waals surface area contributed by atoms with Crippen LogP contribution in [-0.2, 0) is 11.2 Å². The van der Waals surface area contributed by atoms with E-state index in [0.29, 0.717) is 11.7 Å². The molecule has 1 N–H and O–H groups in total. The molecule has 0 unspecified atom stereocenters. The summed E-state index contributed by atoms with van der Waals surface area (Å²) in [5, 5.41) is 3.53. The fourth-order valence-corrected chi connectivity index (χ4v) is 2.62. The minimum atomic E-state index is 0.450. The lowest BCUT2D eigenvalue weighted by atomic mass is 9.88. The van der Waals surface area contributed by atoms with E-state index in [0.717, 1.165) is 45.2 Å². The number of ketones is 1. The van der Waals surface area contributed by atoms with E-state index in [1.165, 1.54) is 11.1 Å². The van der Waals surface area contributed by atoms with E-state index in [1.807, 2.05) is 0 Å². The maximum atomic E-state index is 11.1. The average molecular weight is 245 g/mol. The summed E-state index contributed by atoms with van der Waals surface area (Å²) in [5.41, 5.74) is 2.81. The van der Waals surface area contributed by atoms with Gasteiger partial charge in [0.05, 0.1) is 0 Å². The first-order valence-electron chi connectivity index (χ1n) is 7.02. The normalized spacial score (nSPS) is 17.1. The first kappa shape index (κ1) is 13.3. The predicted molar refractivity (Wildman–Crippen MR) is 74.7 cm³/mol. The molecule has 2 rings (SSSR count). The lowest BCUT2D eigenvalue weighted by Gasteiger charge is -2.21. The number of hydrogen-bond donors (Lipinski definition) is 1. The first-order valence-corrected chi connectivity index (χ1v) is 7.02. The molecule has 0 heterocycles. The summed E-state index contributed by atoms with van der Waals surface area (Å²) in [4.78, 5) is 11.1. The van der Waals surface area contributed by atoms with Crippen molar-refractivity contribution in [2.75, 3.05) is 13.1 Å². The second-order valence-corrected chi connectivity index (χ2v) is 5.36. The molecular weight excluding hydrogens is 222 g/mol. The topological polar surface area (TPSA) is 29.1 Å². The van der Waals surface area contributed by atoms with E-state index in [4.69, 9.17) is 0 Å². The molecule has 18 heavy (non-hydrogen) atoms. The summed E-state index contributed by atoms with van der Waals surface area (Å²) < 4.78 is 0. The highest BCUT2D eigenvalue weighted by Crippen LogP contribution is 2.20. The molecule has 0 aromatic heterocycles. The van der Waals surface area contributed by atoms with Gasteiger partial charge in [0.25, 0.3) is 0 Å². The number of rotatable bonds is 5. The molecule has 1 aromatic carbocycles. The maximum Gasteiger partial charge on any atom is 0.132 e. The van der Waals surface area contributed by atoms with Crippen molar-refractivity contribution in [3.05, 3.63) is 35.4 Å². The Hall–Kier alpha value is -1.15. The first-order chi connectivity index (χ1) is 8.75. The third kappa shape index (κ3) is 3.95. The Morgan fingerprint density at radius 3 is 2.67 bits per heavy atom. The molecule has 2 nitrogen and oxygen atoms in total. The predicted octanol–water partition coefficient (Wildman–Crippen LogP) is 2.89. The molecule has 1 aliphatic carbocycles. The summed E-state index contributed by atoms with van der Waals surface area (Å²) >= 11 is 0. The van der Waals surface area contributed by atoms with Gasteiger partial charge >= 0.3 is 0 Å². The van der Waals surface area contributed by atoms with Gasteiger partial charge in [-0.1, -0.05) is 24.3 Å². The van der Waals surface area contributed by atoms with E-state index in [1.54, 1.807) is 0 Å². The molecular formula is C16H23NO. The Kier molecular flexibility index (Phi) is 4.94. The van der Waals surface area contributed by atoms with Gasteiger partial charge in [-0.2, -0.15) is 0 Å². The van der Waals surface area contributed by atoms with Crippen LogP contribution in [0, 0.1) is 12.8 Å². The zero-order valence-corrected chi connectivity index (χ0v) is 11.2. The molecule has 0 radical (unpaired) electrons. The third-order valence-electron chi connectivity index (χ3n) is 3.93. The Balaban J connectivity index is 1.64. The number of carbonyl (C=O) groups excluding carboxylic acids is 1. The molecule has 98 valence electrons. The second kappa shape index (κ2) is 6.69. The van der Waals surface area contributed by atoms with Crippen molar-refractivity contribution in [2.24, 2.45) is 5.92 Å². The molecule has 1 fully saturated rings. The smallest absolute Gasteiger partial charge is 0.132 e. The van der Waals surface area contributed by atoms with Crippen LogP contribution >= 0.6 is 0 Å². The van der Waals surface area contributed by atoms with Gasteiger partial charge in [0.2, 0.25) is 0 Å². The summed E-state index contributed by atoms with van der Waals surface area (Å²) in [6, 6.07) is 8.57. The van der Waals surface area contributed by atoms with Crippen LogP contribution in [0.3, 0.4) is 0 Å². The molecule has 1 aromatic rings. The number of carbonyl (C=O) groups is 1. The number of nitrogens with one attached hydrogen (secondary N) is 1. The van der Waals surface area contributed by atoms with Crippen LogP contribution in [0.1, 0.15) is 36.8 Å². The van der Waals surface area contributed by atoms with Crippen LogP contribution in [0.25, 0.3) is 0 Å². The summed E-state index contributed by atoms with van der Waals surface area (Å²) in [6.45, 7) is 4.27. The molecule has 0 spiro atoms. The fraction of sp³-hybridized carbons (Fsp3) is 0.562. The van der Waals surface area contributed by atoms with E-state index in [9.17, 15) is 4.79 Å². The van der Waals surface area contributed by atoms with Crippen molar-refractivity contribution in [1.29, 1.82) is 0 Å². The Labute approximate surface area is 110 Å². The Morgan fingerprint density at radius 2 is 1.94 bits per heavy atom. The highest BCUT2D eigenvalue weighted by Gasteiger charge is 2.17. The minimum absolute atomic E-state index is 0.450. The summed E-state index contributed by atoms with van der Waals surface area (Å²) in [7, 11) is 0. The van der Waals surface area contributed by atoms with Crippen LogP contribution < -0.4 is 5.32 Å². The van der Waals surface area contributed by atoms with Crippen LogP contribution in [0.5, 0.6) is 0 Å². The van der Waals surface area contributed by atoms with Crippen molar-refractivity contribution in [1.82, 2.24) is 5.32 Å². The van der Waals surface area contributed by atoms with Gasteiger partial charge in [-0.15, -0.1) is 0 Å². The van der Waals surface area contributed by atoms with Crippen molar-refractivity contribution >= 4 is 5.78 Å². The van der Waals surface area contributed by atoms with E-state index in [2.05, 4.69) is 36.5 Å². The monoisotopic (exact) mass is 245 g/mol. The van der Waals surface area contributed by atoms with Crippen molar-refractivity contribution < 1.29 is 4.79 Å². The second-order valence-electron chi connectivity index (χ2n) is 5.36. The van der Waals surface area contributed by atoms with E-state index >= 15 is 0 Å². The molecule has 0 aliphatic heterocycles. The Morgan fingerprint density at radius 1 is 1.22 bits per heavy atom. The highest BCUT2D eigenvalue weighted by molar-refractivity contribution is 5.79. The zero-order valence-electron chi connectivity index (χ0n) is 11.2. The third-order valence-corrected chi connectivity index (χ3v) is 3.93. The molecule has 0 bridgehead atoms. The minimum Gasteiger partial charge on any atom is -0.316 e.